The number of hydrogen-bond donors (Lipinski definition) is 5. The van der Waals surface area contributed by atoms with Gasteiger partial charge in [0.1, 0.15) is 30.0 Å². The molecule has 0 bridgehead atoms. The predicted octanol–water partition coefficient (Wildman–Crippen LogP) is 3.31. The second-order valence-electron chi connectivity index (χ2n) is 17.0. The molecule has 1 saturated carbocycles. The van der Waals surface area contributed by atoms with Gasteiger partial charge in [0.15, 0.2) is 5.78 Å². The van der Waals surface area contributed by atoms with Crippen LogP contribution in [0.5, 0.6) is 0 Å². The van der Waals surface area contributed by atoms with Gasteiger partial charge in [-0.3, -0.25) is 23.6 Å². The maximum atomic E-state index is 12.7. The van der Waals surface area contributed by atoms with Gasteiger partial charge < -0.3 is 55.7 Å². The number of likely N-dealkylation sites (tertiary alicyclic amines) is 2. The van der Waals surface area contributed by atoms with Gasteiger partial charge >= 0.3 is 49.1 Å². The summed E-state index contributed by atoms with van der Waals surface area (Å²) in [4.78, 5) is 106. The molecule has 2 heterocycles. The Morgan fingerprint density at radius 3 is 1.16 bits per heavy atom. The van der Waals surface area contributed by atoms with Gasteiger partial charge in [-0.05, 0) is 96.3 Å². The Morgan fingerprint density at radius 1 is 0.597 bits per heavy atom. The van der Waals surface area contributed by atoms with Crippen molar-refractivity contribution < 1.29 is 97.7 Å². The standard InChI is InChI=1S/C14H24N2O4.C13H22N2O5.C8H14O.C7H13NO4.CH3F.2CH4.Li.H2O/c1-8(2)12(15-14(19)20-5)13(18)16-9(3)6-7-11(16)10(4)17;1-7(2)10(14-13(19)20-4)11(16)15-8(3)5-6-9(15)12(17)18;1-6-3-4-8(5-6)7(2)9;1-4(2)5(6(9)10)8-7(11)12-3;1-2;;;;/h8-9,11-12H,6-7H2,1-5H3,(H,15,19);7-10H,5-6H2,1-4H3,(H,14,19)(H,17,18);6,8H,3-5H2,1-2H3;4-5H,1-3H3,(H,8,11)(H,9,10);1H3;2*1H4;;1H2/q;;;;;;;+1;/p-1/t9-,11-,12-;8-,9-,10-;6-,8+;5-;;;;;/m0000...../s1/i;;;;1D;;;;. The van der Waals surface area contributed by atoms with Crippen molar-refractivity contribution in [3.05, 3.63) is 0 Å². The van der Waals surface area contributed by atoms with E-state index < -0.39 is 61.5 Å². The molecule has 0 aromatic carbocycles. The number of aliphatic carboxylic acids is 2. The number of carbonyl (C=O) groups excluding carboxylic acids is 7. The molecule has 0 spiro atoms. The summed E-state index contributed by atoms with van der Waals surface area (Å²) in [5.74, 6) is -1.49. The molecule has 3 fully saturated rings. The molecular weight excluding hydrogens is 876 g/mol. The summed E-state index contributed by atoms with van der Waals surface area (Å²) in [6.45, 7) is 19.9. The van der Waals surface area contributed by atoms with Gasteiger partial charge in [-0.25, -0.2) is 24.0 Å². The average Bonchev–Trinajstić information content (AvgIpc) is 3.95. The first-order valence-corrected chi connectivity index (χ1v) is 21.2. The molecule has 20 nitrogen and oxygen atoms in total. The molecule has 0 aromatic rings. The monoisotopic (exact) mass is 963 g/mol. The quantitative estimate of drug-likeness (QED) is 0.139. The summed E-state index contributed by atoms with van der Waals surface area (Å²) < 4.78 is 28.8. The SMILES string of the molecule is C.C.CC(=O)[C@@H]1CC[C@H](C)C1.COC(=O)N[C@H](C(=O)N1[C@@H](C)CC[C@H]1C(=O)O)C(C)C.COC(=O)N[C@H](C(=O)N1[C@@H](C)CC[C@H]1C(C)=O)C(C)C.COC(=O)N[C@H](C(=O)O)C(C)C.[2H]CF.[Li+].[OH-]. The minimum Gasteiger partial charge on any atom is -0.870 e. The average molecular weight is 963 g/mol. The van der Waals surface area contributed by atoms with Gasteiger partial charge in [0, 0.05) is 18.0 Å². The Hall–Kier alpha value is -4.48. The largest absolute Gasteiger partial charge is 1.00 e. The molecule has 2 aliphatic heterocycles. The summed E-state index contributed by atoms with van der Waals surface area (Å²) in [6.07, 6.45) is 4.03. The maximum absolute atomic E-state index is 12.7. The van der Waals surface area contributed by atoms with Crippen molar-refractivity contribution in [2.45, 2.75) is 178 Å². The van der Waals surface area contributed by atoms with E-state index in [9.17, 15) is 52.6 Å². The van der Waals surface area contributed by atoms with E-state index in [0.717, 1.165) is 25.2 Å². The van der Waals surface area contributed by atoms with Crippen LogP contribution in [-0.2, 0) is 43.0 Å². The summed E-state index contributed by atoms with van der Waals surface area (Å²) in [5, 5.41) is 25.1. The molecule has 2 saturated heterocycles. The summed E-state index contributed by atoms with van der Waals surface area (Å²) >= 11 is 0. The van der Waals surface area contributed by atoms with Crippen molar-refractivity contribution in [1.82, 2.24) is 25.8 Å². The number of Topliss-reactive ketones (excluding diaryl/α,β-unsaturated/α-hetero) is 2. The minimum atomic E-state index is -1.06. The van der Waals surface area contributed by atoms with Crippen molar-refractivity contribution in [2.24, 2.45) is 29.6 Å². The Morgan fingerprint density at radius 2 is 0.925 bits per heavy atom. The van der Waals surface area contributed by atoms with E-state index in [2.05, 4.69) is 37.1 Å². The third-order valence-electron chi connectivity index (χ3n) is 11.0. The molecule has 1 aliphatic carbocycles. The third kappa shape index (κ3) is 25.5. The van der Waals surface area contributed by atoms with Crippen LogP contribution < -0.4 is 34.8 Å². The Kier molecular flexibility index (Phi) is 40.0. The smallest absolute Gasteiger partial charge is 0.870 e. The Balaban J connectivity index is -0.000000188. The molecular formula is C45H85FLiN5O15. The van der Waals surface area contributed by atoms with Crippen molar-refractivity contribution in [3.8, 4) is 0 Å². The van der Waals surface area contributed by atoms with E-state index >= 15 is 0 Å². The van der Waals surface area contributed by atoms with Crippen LogP contribution in [0.15, 0.2) is 0 Å². The van der Waals surface area contributed by atoms with E-state index in [1.165, 1.54) is 39.6 Å². The van der Waals surface area contributed by atoms with Crippen LogP contribution in [0.1, 0.15) is 137 Å². The number of alkyl halides is 1. The first kappa shape index (κ1) is 71.5. The summed E-state index contributed by atoms with van der Waals surface area (Å²) in [7, 11) is 2.67. The number of rotatable bonds is 12. The van der Waals surface area contributed by atoms with Crippen molar-refractivity contribution in [3.63, 3.8) is 0 Å². The van der Waals surface area contributed by atoms with Crippen LogP contribution in [0.2, 0.25) is 0 Å². The molecule has 6 N–H and O–H groups in total. The number of alkyl carbamates (subject to hydrolysis) is 3. The number of halogens is 1. The molecule has 0 unspecified atom stereocenters. The zero-order valence-corrected chi connectivity index (χ0v) is 41.1. The van der Waals surface area contributed by atoms with Crippen LogP contribution in [0, 0.1) is 29.6 Å². The fourth-order valence-corrected chi connectivity index (χ4v) is 7.35. The first-order chi connectivity index (χ1) is 29.7. The third-order valence-corrected chi connectivity index (χ3v) is 11.0. The second kappa shape index (κ2) is 37.5. The second-order valence-corrected chi connectivity index (χ2v) is 17.0. The molecule has 9 atom stereocenters. The van der Waals surface area contributed by atoms with Crippen LogP contribution in [-0.4, -0.2) is 150 Å². The molecule has 0 aromatic heterocycles. The Bertz CT molecular complexity index is 1470. The van der Waals surface area contributed by atoms with Gasteiger partial charge in [0.25, 0.3) is 0 Å². The van der Waals surface area contributed by atoms with Crippen molar-refractivity contribution in [2.75, 3.05) is 28.5 Å². The molecule has 22 heteroatoms. The Labute approximate surface area is 412 Å². The van der Waals surface area contributed by atoms with Crippen molar-refractivity contribution >= 4 is 53.6 Å². The van der Waals surface area contributed by atoms with Gasteiger partial charge in [-0.1, -0.05) is 63.3 Å². The van der Waals surface area contributed by atoms with Gasteiger partial charge in [0.2, 0.25) is 11.8 Å². The molecule has 67 heavy (non-hydrogen) atoms. The number of nitrogens with one attached hydrogen (secondary N) is 3. The van der Waals surface area contributed by atoms with E-state index in [0.29, 0.717) is 31.0 Å². The first-order valence-electron chi connectivity index (χ1n) is 21.9. The molecule has 3 aliphatic rings. The number of ketones is 2. The number of hydrogen-bond acceptors (Lipinski definition) is 13. The summed E-state index contributed by atoms with van der Waals surface area (Å²) in [6, 6.07) is -3.69. The fourth-order valence-electron chi connectivity index (χ4n) is 7.35. The van der Waals surface area contributed by atoms with E-state index in [1.807, 2.05) is 27.7 Å². The number of ether oxygens (including phenoxy) is 3. The number of methoxy groups -OCH3 is 3. The van der Waals surface area contributed by atoms with E-state index in [1.54, 1.807) is 39.5 Å². The molecule has 3 rings (SSSR count). The maximum Gasteiger partial charge on any atom is 1.00 e. The molecule has 5 amide bonds. The summed E-state index contributed by atoms with van der Waals surface area (Å²) in [5.41, 5.74) is 0. The number of nitrogens with zero attached hydrogens (tertiary/aromatic N) is 2. The normalized spacial score (nSPS) is 21.3. The number of carboxylic acid groups (broad SMARTS) is 2. The number of amides is 5. The van der Waals surface area contributed by atoms with E-state index in [4.69, 9.17) is 6.48 Å². The molecule has 0 radical (unpaired) electrons. The van der Waals surface area contributed by atoms with E-state index in [-0.39, 0.29) is 92.7 Å². The van der Waals surface area contributed by atoms with Crippen molar-refractivity contribution in [1.29, 1.82) is 0 Å². The van der Waals surface area contributed by atoms with Crippen LogP contribution in [0.25, 0.3) is 0 Å². The topological polar surface area (TPSA) is 294 Å². The molecule has 388 valence electrons. The zero-order chi connectivity index (χ0) is 50.2. The van der Waals surface area contributed by atoms with Crippen LogP contribution >= 0.6 is 0 Å². The number of carbonyl (C=O) groups is 9. The van der Waals surface area contributed by atoms with Crippen LogP contribution in [0.4, 0.5) is 18.8 Å². The minimum absolute atomic E-state index is 0. The van der Waals surface area contributed by atoms with Crippen LogP contribution in [0.3, 0.4) is 0 Å². The van der Waals surface area contributed by atoms with Gasteiger partial charge in [-0.2, -0.15) is 0 Å². The fraction of sp³-hybridized carbons (Fsp3) is 0.800. The van der Waals surface area contributed by atoms with Gasteiger partial charge in [0.05, 0.1) is 35.9 Å². The number of carboxylic acids is 2. The zero-order valence-electron chi connectivity index (χ0n) is 42.1. The van der Waals surface area contributed by atoms with Gasteiger partial charge in [-0.15, -0.1) is 0 Å². The predicted molar refractivity (Wildman–Crippen MR) is 247 cm³/mol.